The molecule has 8 nitrogen and oxygen atoms in total. The first-order valence-electron chi connectivity index (χ1n) is 7.82. The second-order valence-corrected chi connectivity index (χ2v) is 6.67. The van der Waals surface area contributed by atoms with Crippen molar-refractivity contribution >= 4 is 33.8 Å². The van der Waals surface area contributed by atoms with Gasteiger partial charge in [0.15, 0.2) is 0 Å². The Morgan fingerprint density at radius 3 is 2.46 bits per heavy atom. The maximum absolute atomic E-state index is 11.8. The Kier molecular flexibility index (Phi) is 9.38. The highest BCUT2D eigenvalue weighted by Crippen LogP contribution is 2.10. The average molecular weight is 428 g/mol. The topological polar surface area (TPSA) is 131 Å². The van der Waals surface area contributed by atoms with E-state index in [9.17, 15) is 19.5 Å². The average Bonchev–Trinajstić information content (AvgIpc) is 2.58. The number of amides is 3. The molecule has 0 radical (unpaired) electrons. The molecule has 3 amide bonds. The van der Waals surface area contributed by atoms with Crippen molar-refractivity contribution in [3.63, 3.8) is 0 Å². The molecule has 142 valence electrons. The summed E-state index contributed by atoms with van der Waals surface area (Å²) in [5.41, 5.74) is 6.02. The SMILES string of the molecule is C=C(Br)C[C@H](NC(=O)C[C@H](O)CNC(=O)OCc1ccccc1)C(N)=O. The summed E-state index contributed by atoms with van der Waals surface area (Å²) < 4.78 is 5.49. The Bertz CT molecular complexity index is 639. The summed E-state index contributed by atoms with van der Waals surface area (Å²) in [7, 11) is 0. The van der Waals surface area contributed by atoms with Gasteiger partial charge in [-0.3, -0.25) is 9.59 Å². The summed E-state index contributed by atoms with van der Waals surface area (Å²) in [5.74, 6) is -1.29. The maximum Gasteiger partial charge on any atom is 0.407 e. The zero-order valence-corrected chi connectivity index (χ0v) is 15.7. The van der Waals surface area contributed by atoms with Gasteiger partial charge in [-0.05, 0) is 10.0 Å². The molecule has 1 aromatic rings. The second-order valence-electron chi connectivity index (χ2n) is 5.54. The van der Waals surface area contributed by atoms with Gasteiger partial charge in [0.25, 0.3) is 0 Å². The van der Waals surface area contributed by atoms with Crippen molar-refractivity contribution in [3.05, 3.63) is 47.0 Å². The van der Waals surface area contributed by atoms with Crippen LogP contribution in [0.25, 0.3) is 0 Å². The number of carbonyl (C=O) groups is 3. The minimum Gasteiger partial charge on any atom is -0.445 e. The molecule has 0 unspecified atom stereocenters. The lowest BCUT2D eigenvalue weighted by molar-refractivity contribution is -0.128. The number of hydrogen-bond donors (Lipinski definition) is 4. The molecule has 5 N–H and O–H groups in total. The Balaban J connectivity index is 2.30. The van der Waals surface area contributed by atoms with E-state index in [0.717, 1.165) is 5.56 Å². The van der Waals surface area contributed by atoms with E-state index in [1.54, 1.807) is 0 Å². The maximum atomic E-state index is 11.8. The number of nitrogens with one attached hydrogen (secondary N) is 2. The second kappa shape index (κ2) is 11.3. The van der Waals surface area contributed by atoms with Gasteiger partial charge in [-0.15, -0.1) is 0 Å². The standard InChI is InChI=1S/C17H22BrN3O5/c1-11(18)7-14(16(19)24)21-15(23)8-13(22)9-20-17(25)26-10-12-5-3-2-4-6-12/h2-6,13-14,22H,1,7-10H2,(H2,19,24)(H,20,25)(H,21,23)/t13-,14-/m0/s1. The molecule has 9 heteroatoms. The molecular formula is C17H22BrN3O5. The van der Waals surface area contributed by atoms with Crippen molar-refractivity contribution in [2.75, 3.05) is 6.54 Å². The predicted octanol–water partition coefficient (Wildman–Crippen LogP) is 0.933. The van der Waals surface area contributed by atoms with Crippen LogP contribution in [0.5, 0.6) is 0 Å². The third-order valence-corrected chi connectivity index (χ3v) is 3.54. The fourth-order valence-electron chi connectivity index (χ4n) is 1.96. The van der Waals surface area contributed by atoms with Gasteiger partial charge in [-0.25, -0.2) is 4.79 Å². The van der Waals surface area contributed by atoms with Crippen LogP contribution < -0.4 is 16.4 Å². The highest BCUT2D eigenvalue weighted by atomic mass is 79.9. The monoisotopic (exact) mass is 427 g/mol. The number of rotatable bonds is 10. The van der Waals surface area contributed by atoms with Gasteiger partial charge in [-0.2, -0.15) is 0 Å². The number of hydrogen-bond acceptors (Lipinski definition) is 5. The van der Waals surface area contributed by atoms with Crippen molar-refractivity contribution < 1.29 is 24.2 Å². The van der Waals surface area contributed by atoms with Gasteiger partial charge in [0.2, 0.25) is 11.8 Å². The molecule has 0 bridgehead atoms. The first-order chi connectivity index (χ1) is 12.3. The fraction of sp³-hybridized carbons (Fsp3) is 0.353. The third kappa shape index (κ3) is 9.19. The molecule has 0 aliphatic heterocycles. The Morgan fingerprint density at radius 2 is 1.88 bits per heavy atom. The van der Waals surface area contributed by atoms with Gasteiger partial charge in [0.05, 0.1) is 12.5 Å². The van der Waals surface area contributed by atoms with E-state index in [1.165, 1.54) is 0 Å². The molecule has 26 heavy (non-hydrogen) atoms. The van der Waals surface area contributed by atoms with Crippen molar-refractivity contribution in [2.24, 2.45) is 5.73 Å². The predicted molar refractivity (Wildman–Crippen MR) is 99.1 cm³/mol. The van der Waals surface area contributed by atoms with Crippen molar-refractivity contribution in [1.82, 2.24) is 10.6 Å². The van der Waals surface area contributed by atoms with E-state index >= 15 is 0 Å². The van der Waals surface area contributed by atoms with Gasteiger partial charge in [0, 0.05) is 13.0 Å². The minimum atomic E-state index is -1.14. The first kappa shape index (κ1) is 21.7. The number of alkyl carbamates (subject to hydrolysis) is 1. The summed E-state index contributed by atoms with van der Waals surface area (Å²) in [6, 6.07) is 8.19. The van der Waals surface area contributed by atoms with Crippen LogP contribution in [0.4, 0.5) is 4.79 Å². The Morgan fingerprint density at radius 1 is 1.23 bits per heavy atom. The molecule has 0 heterocycles. The van der Waals surface area contributed by atoms with Gasteiger partial charge in [-0.1, -0.05) is 52.8 Å². The molecule has 0 saturated carbocycles. The fourth-order valence-corrected chi connectivity index (χ4v) is 2.28. The smallest absolute Gasteiger partial charge is 0.407 e. The normalized spacial score (nSPS) is 12.5. The van der Waals surface area contributed by atoms with Crippen LogP contribution in [0.3, 0.4) is 0 Å². The molecule has 1 aromatic carbocycles. The van der Waals surface area contributed by atoms with E-state index in [1.807, 2.05) is 30.3 Å². The Hall–Kier alpha value is -2.39. The summed E-state index contributed by atoms with van der Waals surface area (Å²) in [5, 5.41) is 14.6. The number of halogens is 1. The first-order valence-corrected chi connectivity index (χ1v) is 8.61. The van der Waals surface area contributed by atoms with Crippen LogP contribution in [0.2, 0.25) is 0 Å². The van der Waals surface area contributed by atoms with Crippen LogP contribution in [-0.2, 0) is 20.9 Å². The zero-order chi connectivity index (χ0) is 19.5. The summed E-state index contributed by atoms with van der Waals surface area (Å²) in [4.78, 5) is 34.7. The number of nitrogens with two attached hydrogens (primary N) is 1. The summed E-state index contributed by atoms with van der Waals surface area (Å²) in [6.07, 6.45) is -2.02. The van der Waals surface area contributed by atoms with Gasteiger partial charge < -0.3 is 26.2 Å². The lowest BCUT2D eigenvalue weighted by atomic mass is 10.1. The summed E-state index contributed by atoms with van der Waals surface area (Å²) >= 11 is 3.09. The van der Waals surface area contributed by atoms with Crippen LogP contribution >= 0.6 is 15.9 Å². The van der Waals surface area contributed by atoms with Crippen LogP contribution in [-0.4, -0.2) is 41.7 Å². The van der Waals surface area contributed by atoms with Crippen LogP contribution in [0, 0.1) is 0 Å². The molecule has 0 aromatic heterocycles. The molecule has 2 atom stereocenters. The van der Waals surface area contributed by atoms with Crippen molar-refractivity contribution in [2.45, 2.75) is 31.6 Å². The van der Waals surface area contributed by atoms with Gasteiger partial charge in [0.1, 0.15) is 12.6 Å². The highest BCUT2D eigenvalue weighted by Gasteiger charge is 2.20. The third-order valence-electron chi connectivity index (χ3n) is 3.22. The lowest BCUT2D eigenvalue weighted by Gasteiger charge is -2.17. The molecule has 0 aliphatic carbocycles. The molecule has 0 aliphatic rings. The van der Waals surface area contributed by atoms with Crippen molar-refractivity contribution in [3.8, 4) is 0 Å². The highest BCUT2D eigenvalue weighted by molar-refractivity contribution is 9.11. The molecule has 1 rings (SSSR count). The number of primary amides is 1. The summed E-state index contributed by atoms with van der Waals surface area (Å²) in [6.45, 7) is 3.50. The minimum absolute atomic E-state index is 0.0972. The molecule has 0 spiro atoms. The molecule has 0 fully saturated rings. The van der Waals surface area contributed by atoms with Crippen LogP contribution in [0.15, 0.2) is 41.4 Å². The van der Waals surface area contributed by atoms with Crippen molar-refractivity contribution in [1.29, 1.82) is 0 Å². The zero-order valence-electron chi connectivity index (χ0n) is 14.1. The quantitative estimate of drug-likeness (QED) is 0.441. The van der Waals surface area contributed by atoms with Gasteiger partial charge >= 0.3 is 6.09 Å². The largest absolute Gasteiger partial charge is 0.445 e. The number of benzene rings is 1. The van der Waals surface area contributed by atoms with E-state index in [0.29, 0.717) is 4.48 Å². The van der Waals surface area contributed by atoms with Crippen LogP contribution in [0.1, 0.15) is 18.4 Å². The van der Waals surface area contributed by atoms with E-state index in [4.69, 9.17) is 10.5 Å². The number of aliphatic hydroxyl groups excluding tert-OH is 1. The van der Waals surface area contributed by atoms with E-state index < -0.39 is 30.1 Å². The molecular weight excluding hydrogens is 406 g/mol. The number of carbonyl (C=O) groups excluding carboxylic acids is 3. The lowest BCUT2D eigenvalue weighted by Crippen LogP contribution is -2.46. The van der Waals surface area contributed by atoms with E-state index in [-0.39, 0.29) is 26.0 Å². The number of aliphatic hydroxyl groups is 1. The van der Waals surface area contributed by atoms with E-state index in [2.05, 4.69) is 33.1 Å². The molecule has 0 saturated heterocycles. The Labute approximate surface area is 159 Å². The number of ether oxygens (including phenoxy) is 1.